The van der Waals surface area contributed by atoms with Crippen LogP contribution in [0, 0.1) is 0 Å². The second-order valence-electron chi connectivity index (χ2n) is 4.66. The number of carbonyl (C=O) groups excluding carboxylic acids is 1. The number of anilines is 1. The SMILES string of the molecule is COc1nnc(NC(=O)c2ccncc2-c2cc(Cl)ncc2OC)s1. The quantitative estimate of drug-likeness (QED) is 0.682. The average molecular weight is 378 g/mol. The number of hydrogen-bond acceptors (Lipinski definition) is 8. The van der Waals surface area contributed by atoms with E-state index >= 15 is 0 Å². The summed E-state index contributed by atoms with van der Waals surface area (Å²) in [6, 6.07) is 3.21. The monoisotopic (exact) mass is 377 g/mol. The number of rotatable bonds is 5. The molecular weight excluding hydrogens is 366 g/mol. The van der Waals surface area contributed by atoms with Gasteiger partial charge in [0.05, 0.1) is 26.0 Å². The molecule has 0 aliphatic rings. The van der Waals surface area contributed by atoms with Crippen LogP contribution < -0.4 is 14.8 Å². The van der Waals surface area contributed by atoms with Gasteiger partial charge in [0.2, 0.25) is 5.13 Å². The highest BCUT2D eigenvalue weighted by atomic mass is 35.5. The average Bonchev–Trinajstić information content (AvgIpc) is 3.09. The molecule has 0 saturated carbocycles. The molecule has 0 bridgehead atoms. The first kappa shape index (κ1) is 17.1. The molecule has 3 heterocycles. The molecule has 25 heavy (non-hydrogen) atoms. The van der Waals surface area contributed by atoms with Crippen LogP contribution in [0.3, 0.4) is 0 Å². The van der Waals surface area contributed by atoms with Crippen LogP contribution in [0.15, 0.2) is 30.7 Å². The van der Waals surface area contributed by atoms with Crippen molar-refractivity contribution in [1.82, 2.24) is 20.2 Å². The van der Waals surface area contributed by atoms with Crippen LogP contribution in [0.5, 0.6) is 10.9 Å². The minimum Gasteiger partial charge on any atom is -0.494 e. The summed E-state index contributed by atoms with van der Waals surface area (Å²) < 4.78 is 10.3. The van der Waals surface area contributed by atoms with Gasteiger partial charge < -0.3 is 9.47 Å². The first-order chi connectivity index (χ1) is 12.1. The number of nitrogens with zero attached hydrogens (tertiary/aromatic N) is 4. The van der Waals surface area contributed by atoms with Gasteiger partial charge in [0.1, 0.15) is 10.9 Å². The van der Waals surface area contributed by atoms with E-state index in [1.165, 1.54) is 26.6 Å². The zero-order valence-corrected chi connectivity index (χ0v) is 14.8. The van der Waals surface area contributed by atoms with Crippen molar-refractivity contribution in [1.29, 1.82) is 0 Å². The molecule has 0 spiro atoms. The molecule has 3 rings (SSSR count). The third-order valence-electron chi connectivity index (χ3n) is 3.21. The number of nitrogens with one attached hydrogen (secondary N) is 1. The zero-order chi connectivity index (χ0) is 17.8. The Hall–Kier alpha value is -2.78. The van der Waals surface area contributed by atoms with Gasteiger partial charge in [-0.1, -0.05) is 16.7 Å². The first-order valence-electron chi connectivity index (χ1n) is 6.95. The number of methoxy groups -OCH3 is 2. The Labute approximate surface area is 151 Å². The van der Waals surface area contributed by atoms with E-state index in [1.54, 1.807) is 18.3 Å². The van der Waals surface area contributed by atoms with Crippen LogP contribution >= 0.6 is 22.9 Å². The number of pyridine rings is 2. The molecule has 0 unspecified atom stereocenters. The summed E-state index contributed by atoms with van der Waals surface area (Å²) in [6.07, 6.45) is 4.57. The van der Waals surface area contributed by atoms with Crippen LogP contribution in [-0.4, -0.2) is 40.3 Å². The van der Waals surface area contributed by atoms with E-state index in [1.807, 2.05) is 0 Å². The summed E-state index contributed by atoms with van der Waals surface area (Å²) >= 11 is 7.11. The maximum Gasteiger partial charge on any atom is 0.295 e. The molecule has 0 radical (unpaired) electrons. The van der Waals surface area contributed by atoms with Crippen LogP contribution in [0.25, 0.3) is 11.1 Å². The molecule has 10 heteroatoms. The first-order valence-corrected chi connectivity index (χ1v) is 8.14. The minimum absolute atomic E-state index is 0.278. The van der Waals surface area contributed by atoms with Gasteiger partial charge in [0.15, 0.2) is 0 Å². The summed E-state index contributed by atoms with van der Waals surface area (Å²) in [4.78, 5) is 20.7. The lowest BCUT2D eigenvalue weighted by atomic mass is 10.0. The predicted octanol–water partition coefficient (Wildman–Crippen LogP) is 2.92. The third kappa shape index (κ3) is 3.67. The van der Waals surface area contributed by atoms with E-state index in [0.29, 0.717) is 32.8 Å². The summed E-state index contributed by atoms with van der Waals surface area (Å²) in [5, 5.41) is 11.3. The topological polar surface area (TPSA) is 99.1 Å². The van der Waals surface area contributed by atoms with Gasteiger partial charge in [-0.05, 0) is 23.5 Å². The summed E-state index contributed by atoms with van der Waals surface area (Å²) in [5.41, 5.74) is 1.54. The van der Waals surface area contributed by atoms with Crippen molar-refractivity contribution >= 4 is 34.0 Å². The Bertz CT molecular complexity index is 918. The Balaban J connectivity index is 1.98. The molecule has 3 aromatic heterocycles. The minimum atomic E-state index is -0.369. The van der Waals surface area contributed by atoms with Gasteiger partial charge in [-0.25, -0.2) is 4.98 Å². The van der Waals surface area contributed by atoms with Crippen LogP contribution in [-0.2, 0) is 0 Å². The number of halogens is 1. The number of carbonyl (C=O) groups is 1. The van der Waals surface area contributed by atoms with Crippen molar-refractivity contribution < 1.29 is 14.3 Å². The standard InChI is InChI=1S/C15H12ClN5O3S/c1-23-11-7-18-12(16)5-9(11)10-6-17-4-3-8(10)13(22)19-14-20-21-15(24-2)25-14/h3-7H,1-2H3,(H,19,20,22). The van der Waals surface area contributed by atoms with Gasteiger partial charge in [0, 0.05) is 23.5 Å². The molecule has 3 aromatic rings. The number of aromatic nitrogens is 4. The number of ether oxygens (including phenoxy) is 2. The third-order valence-corrected chi connectivity index (χ3v) is 4.22. The summed E-state index contributed by atoms with van der Waals surface area (Å²) in [6.45, 7) is 0. The summed E-state index contributed by atoms with van der Waals surface area (Å²) in [7, 11) is 2.99. The van der Waals surface area contributed by atoms with Gasteiger partial charge in [-0.3, -0.25) is 15.1 Å². The number of hydrogen-bond donors (Lipinski definition) is 1. The molecule has 0 aliphatic heterocycles. The highest BCUT2D eigenvalue weighted by molar-refractivity contribution is 7.17. The Morgan fingerprint density at radius 3 is 2.76 bits per heavy atom. The highest BCUT2D eigenvalue weighted by Crippen LogP contribution is 2.33. The predicted molar refractivity (Wildman–Crippen MR) is 93.4 cm³/mol. The lowest BCUT2D eigenvalue weighted by Gasteiger charge is -2.12. The van der Waals surface area contributed by atoms with E-state index in [9.17, 15) is 4.79 Å². The normalized spacial score (nSPS) is 10.4. The Morgan fingerprint density at radius 2 is 2.04 bits per heavy atom. The van der Waals surface area contributed by atoms with Crippen LogP contribution in [0.2, 0.25) is 5.15 Å². The summed E-state index contributed by atoms with van der Waals surface area (Å²) in [5.74, 6) is 0.107. The van der Waals surface area contributed by atoms with Crippen molar-refractivity contribution in [3.05, 3.63) is 41.4 Å². The largest absolute Gasteiger partial charge is 0.494 e. The Kier molecular flexibility index (Phi) is 5.05. The van der Waals surface area contributed by atoms with Crippen molar-refractivity contribution in [2.75, 3.05) is 19.5 Å². The molecule has 0 aromatic carbocycles. The molecule has 1 N–H and O–H groups in total. The van der Waals surface area contributed by atoms with Crippen molar-refractivity contribution in [3.8, 4) is 22.1 Å². The van der Waals surface area contributed by atoms with Crippen molar-refractivity contribution in [2.24, 2.45) is 0 Å². The molecule has 0 fully saturated rings. The second kappa shape index (κ2) is 7.41. The van der Waals surface area contributed by atoms with E-state index in [-0.39, 0.29) is 11.1 Å². The maximum absolute atomic E-state index is 12.7. The Morgan fingerprint density at radius 1 is 1.20 bits per heavy atom. The fraction of sp³-hybridized carbons (Fsp3) is 0.133. The molecule has 128 valence electrons. The van der Waals surface area contributed by atoms with Crippen LogP contribution in [0.4, 0.5) is 5.13 Å². The molecule has 0 atom stereocenters. The second-order valence-corrected chi connectivity index (χ2v) is 5.99. The fourth-order valence-electron chi connectivity index (χ4n) is 2.10. The lowest BCUT2D eigenvalue weighted by Crippen LogP contribution is -2.13. The lowest BCUT2D eigenvalue weighted by molar-refractivity contribution is 0.102. The molecular formula is C15H12ClN5O3S. The van der Waals surface area contributed by atoms with E-state index in [2.05, 4.69) is 25.5 Å². The molecule has 0 saturated heterocycles. The molecule has 0 aliphatic carbocycles. The van der Waals surface area contributed by atoms with E-state index in [4.69, 9.17) is 21.1 Å². The van der Waals surface area contributed by atoms with E-state index in [0.717, 1.165) is 11.3 Å². The van der Waals surface area contributed by atoms with Gasteiger partial charge >= 0.3 is 0 Å². The molecule has 8 nitrogen and oxygen atoms in total. The zero-order valence-electron chi connectivity index (χ0n) is 13.2. The van der Waals surface area contributed by atoms with E-state index < -0.39 is 0 Å². The van der Waals surface area contributed by atoms with Crippen LogP contribution in [0.1, 0.15) is 10.4 Å². The van der Waals surface area contributed by atoms with Gasteiger partial charge in [-0.2, -0.15) is 0 Å². The van der Waals surface area contributed by atoms with Gasteiger partial charge in [-0.15, -0.1) is 5.10 Å². The van der Waals surface area contributed by atoms with Gasteiger partial charge in [0.25, 0.3) is 11.1 Å². The maximum atomic E-state index is 12.7. The molecule has 1 amide bonds. The van der Waals surface area contributed by atoms with Crippen molar-refractivity contribution in [3.63, 3.8) is 0 Å². The van der Waals surface area contributed by atoms with Crippen molar-refractivity contribution in [2.45, 2.75) is 0 Å². The smallest absolute Gasteiger partial charge is 0.295 e. The highest BCUT2D eigenvalue weighted by Gasteiger charge is 2.18. The number of amides is 1. The fourth-order valence-corrected chi connectivity index (χ4v) is 2.82.